The van der Waals surface area contributed by atoms with Crippen molar-refractivity contribution in [2.45, 2.75) is 96.4 Å². The minimum atomic E-state index is 0.207. The SMILES string of the molecule is CCCCCCCCCCCCC(N)C=CCCc1ncn[nH]1. The lowest BCUT2D eigenvalue weighted by Crippen LogP contribution is -2.16. The van der Waals surface area contributed by atoms with Gasteiger partial charge in [0.05, 0.1) is 0 Å². The quantitative estimate of drug-likeness (QED) is 0.355. The van der Waals surface area contributed by atoms with Gasteiger partial charge in [-0.2, -0.15) is 5.10 Å². The molecule has 1 aromatic heterocycles. The Labute approximate surface area is 142 Å². The number of aromatic nitrogens is 3. The molecule has 0 bridgehead atoms. The van der Waals surface area contributed by atoms with Crippen molar-refractivity contribution in [3.8, 4) is 0 Å². The first-order chi connectivity index (χ1) is 11.3. The van der Waals surface area contributed by atoms with Crippen LogP contribution in [0.15, 0.2) is 18.5 Å². The molecule has 0 fully saturated rings. The van der Waals surface area contributed by atoms with E-state index in [-0.39, 0.29) is 6.04 Å². The smallest absolute Gasteiger partial charge is 0.137 e. The third-order valence-corrected chi connectivity index (χ3v) is 4.29. The van der Waals surface area contributed by atoms with E-state index in [2.05, 4.69) is 34.3 Å². The van der Waals surface area contributed by atoms with E-state index in [9.17, 15) is 0 Å². The van der Waals surface area contributed by atoms with Gasteiger partial charge in [0.1, 0.15) is 12.2 Å². The first-order valence-corrected chi connectivity index (χ1v) is 9.59. The lowest BCUT2D eigenvalue weighted by Gasteiger charge is -2.06. The molecule has 0 saturated carbocycles. The van der Waals surface area contributed by atoms with E-state index in [4.69, 9.17) is 5.73 Å². The van der Waals surface area contributed by atoms with Crippen molar-refractivity contribution in [2.24, 2.45) is 5.73 Å². The topological polar surface area (TPSA) is 67.6 Å². The molecule has 3 N–H and O–H groups in total. The summed E-state index contributed by atoms with van der Waals surface area (Å²) in [7, 11) is 0. The fourth-order valence-corrected chi connectivity index (χ4v) is 2.81. The fraction of sp³-hybridized carbons (Fsp3) is 0.789. The van der Waals surface area contributed by atoms with Gasteiger partial charge in [-0.1, -0.05) is 83.3 Å². The van der Waals surface area contributed by atoms with E-state index in [1.54, 1.807) is 6.33 Å². The summed E-state index contributed by atoms with van der Waals surface area (Å²) in [5, 5.41) is 6.71. The van der Waals surface area contributed by atoms with Gasteiger partial charge in [-0.3, -0.25) is 5.10 Å². The number of aryl methyl sites for hydroxylation is 1. The zero-order valence-corrected chi connectivity index (χ0v) is 15.0. The lowest BCUT2D eigenvalue weighted by atomic mass is 10.0. The zero-order chi connectivity index (χ0) is 16.6. The highest BCUT2D eigenvalue weighted by molar-refractivity contribution is 4.93. The maximum absolute atomic E-state index is 6.12. The maximum atomic E-state index is 6.12. The Morgan fingerprint density at radius 2 is 1.70 bits per heavy atom. The second-order valence-corrected chi connectivity index (χ2v) is 6.53. The average Bonchev–Trinajstić information content (AvgIpc) is 3.07. The van der Waals surface area contributed by atoms with Crippen LogP contribution in [0.2, 0.25) is 0 Å². The lowest BCUT2D eigenvalue weighted by molar-refractivity contribution is 0.541. The minimum absolute atomic E-state index is 0.207. The summed E-state index contributed by atoms with van der Waals surface area (Å²) >= 11 is 0. The van der Waals surface area contributed by atoms with E-state index in [0.717, 1.165) is 25.1 Å². The van der Waals surface area contributed by atoms with Crippen molar-refractivity contribution in [1.82, 2.24) is 15.2 Å². The van der Waals surface area contributed by atoms with Gasteiger partial charge < -0.3 is 5.73 Å². The summed E-state index contributed by atoms with van der Waals surface area (Å²) in [6, 6.07) is 0.207. The molecule has 23 heavy (non-hydrogen) atoms. The Morgan fingerprint density at radius 3 is 2.30 bits per heavy atom. The van der Waals surface area contributed by atoms with Crippen LogP contribution in [0.3, 0.4) is 0 Å². The van der Waals surface area contributed by atoms with E-state index >= 15 is 0 Å². The molecule has 0 saturated heterocycles. The van der Waals surface area contributed by atoms with Gasteiger partial charge in [-0.15, -0.1) is 0 Å². The van der Waals surface area contributed by atoms with E-state index in [1.165, 1.54) is 64.2 Å². The number of hydrogen-bond acceptors (Lipinski definition) is 3. The molecule has 0 aromatic carbocycles. The van der Waals surface area contributed by atoms with Gasteiger partial charge >= 0.3 is 0 Å². The van der Waals surface area contributed by atoms with E-state index in [0.29, 0.717) is 0 Å². The van der Waals surface area contributed by atoms with Gasteiger partial charge in [0.25, 0.3) is 0 Å². The van der Waals surface area contributed by atoms with Crippen LogP contribution in [0.5, 0.6) is 0 Å². The number of aromatic amines is 1. The average molecular weight is 321 g/mol. The van der Waals surface area contributed by atoms with Crippen LogP contribution >= 0.6 is 0 Å². The summed E-state index contributed by atoms with van der Waals surface area (Å²) in [5.74, 6) is 0.943. The number of rotatable bonds is 15. The molecular formula is C19H36N4. The molecule has 0 amide bonds. The second-order valence-electron chi connectivity index (χ2n) is 6.53. The summed E-state index contributed by atoms with van der Waals surface area (Å²) in [5.41, 5.74) is 6.12. The number of unbranched alkanes of at least 4 members (excludes halogenated alkanes) is 9. The standard InChI is InChI=1S/C19H36N4/c1-2-3-4-5-6-7-8-9-10-11-14-18(20)15-12-13-16-19-21-17-22-23-19/h12,15,17-18H,2-11,13-14,16,20H2,1H3,(H,21,22,23). The van der Waals surface area contributed by atoms with Gasteiger partial charge in [0, 0.05) is 12.5 Å². The fourth-order valence-electron chi connectivity index (χ4n) is 2.81. The first-order valence-electron chi connectivity index (χ1n) is 9.59. The van der Waals surface area contributed by atoms with Crippen LogP contribution in [0.1, 0.15) is 89.8 Å². The van der Waals surface area contributed by atoms with Crippen molar-refractivity contribution in [1.29, 1.82) is 0 Å². The third kappa shape index (κ3) is 12.0. The summed E-state index contributed by atoms with van der Waals surface area (Å²) in [6.45, 7) is 2.27. The van der Waals surface area contributed by atoms with Crippen molar-refractivity contribution in [3.63, 3.8) is 0 Å². The number of nitrogens with one attached hydrogen (secondary N) is 1. The monoisotopic (exact) mass is 320 g/mol. The number of H-pyrrole nitrogens is 1. The summed E-state index contributed by atoms with van der Waals surface area (Å²) in [4.78, 5) is 4.11. The van der Waals surface area contributed by atoms with Crippen molar-refractivity contribution in [3.05, 3.63) is 24.3 Å². The second kappa shape index (κ2) is 14.4. The highest BCUT2D eigenvalue weighted by Gasteiger charge is 1.98. The molecule has 0 aliphatic carbocycles. The molecule has 4 heteroatoms. The van der Waals surface area contributed by atoms with Crippen LogP contribution in [0, 0.1) is 0 Å². The predicted octanol–water partition coefficient (Wildman–Crippen LogP) is 4.93. The number of nitrogens with two attached hydrogens (primary N) is 1. The molecule has 0 aliphatic heterocycles. The largest absolute Gasteiger partial charge is 0.324 e. The van der Waals surface area contributed by atoms with Crippen molar-refractivity contribution in [2.75, 3.05) is 0 Å². The van der Waals surface area contributed by atoms with Crippen LogP contribution in [0.4, 0.5) is 0 Å². The van der Waals surface area contributed by atoms with Crippen LogP contribution in [-0.2, 0) is 6.42 Å². The Balaban J connectivity index is 1.85. The molecule has 1 aromatic rings. The Bertz CT molecular complexity index is 373. The molecule has 0 radical (unpaired) electrons. The van der Waals surface area contributed by atoms with Crippen LogP contribution < -0.4 is 5.73 Å². The third-order valence-electron chi connectivity index (χ3n) is 4.29. The summed E-state index contributed by atoms with van der Waals surface area (Å²) < 4.78 is 0. The molecule has 1 rings (SSSR count). The Hall–Kier alpha value is -1.16. The Kier molecular flexibility index (Phi) is 12.5. The van der Waals surface area contributed by atoms with Gasteiger partial charge in [-0.25, -0.2) is 4.98 Å². The number of allylic oxidation sites excluding steroid dienone is 1. The summed E-state index contributed by atoms with van der Waals surface area (Å²) in [6.07, 6.45) is 22.6. The van der Waals surface area contributed by atoms with Crippen LogP contribution in [0.25, 0.3) is 0 Å². The molecule has 4 nitrogen and oxygen atoms in total. The minimum Gasteiger partial charge on any atom is -0.324 e. The zero-order valence-electron chi connectivity index (χ0n) is 15.0. The predicted molar refractivity (Wildman–Crippen MR) is 98.3 cm³/mol. The molecule has 1 unspecified atom stereocenters. The van der Waals surface area contributed by atoms with Gasteiger partial charge in [0.15, 0.2) is 0 Å². The van der Waals surface area contributed by atoms with Crippen molar-refractivity contribution < 1.29 is 0 Å². The molecule has 1 atom stereocenters. The van der Waals surface area contributed by atoms with Gasteiger partial charge in [-0.05, 0) is 12.8 Å². The normalized spacial score (nSPS) is 13.0. The van der Waals surface area contributed by atoms with Gasteiger partial charge in [0.2, 0.25) is 0 Å². The molecule has 0 aliphatic rings. The van der Waals surface area contributed by atoms with E-state index in [1.807, 2.05) is 0 Å². The van der Waals surface area contributed by atoms with E-state index < -0.39 is 0 Å². The highest BCUT2D eigenvalue weighted by atomic mass is 15.2. The van der Waals surface area contributed by atoms with Crippen molar-refractivity contribution >= 4 is 0 Å². The molecule has 132 valence electrons. The van der Waals surface area contributed by atoms with Crippen LogP contribution in [-0.4, -0.2) is 21.2 Å². The maximum Gasteiger partial charge on any atom is 0.137 e. The molecule has 1 heterocycles. The molecule has 0 spiro atoms. The number of hydrogen-bond donors (Lipinski definition) is 2. The first kappa shape index (κ1) is 19.9. The number of nitrogens with zero attached hydrogens (tertiary/aromatic N) is 2. The highest BCUT2D eigenvalue weighted by Crippen LogP contribution is 2.12. The molecular weight excluding hydrogens is 284 g/mol. The Morgan fingerprint density at radius 1 is 1.04 bits per heavy atom.